The van der Waals surface area contributed by atoms with Crippen LogP contribution in [0, 0.1) is 23.2 Å². The summed E-state index contributed by atoms with van der Waals surface area (Å²) in [6.45, 7) is 6.55. The molecule has 1 saturated heterocycles. The summed E-state index contributed by atoms with van der Waals surface area (Å²) in [5.74, 6) is 3.77. The molecule has 0 unspecified atom stereocenters. The van der Waals surface area contributed by atoms with Crippen LogP contribution in [0.1, 0.15) is 64.1 Å². The number of aromatic nitrogens is 3. The molecule has 210 valence electrons. The lowest BCUT2D eigenvalue weighted by atomic mass is 9.49. The zero-order valence-corrected chi connectivity index (χ0v) is 24.0. The van der Waals surface area contributed by atoms with Crippen molar-refractivity contribution in [2.45, 2.75) is 76.5 Å². The highest BCUT2D eigenvalue weighted by atomic mass is 32.2. The molecule has 2 amide bonds. The van der Waals surface area contributed by atoms with E-state index in [1.807, 2.05) is 11.0 Å². The van der Waals surface area contributed by atoms with Gasteiger partial charge in [-0.15, -0.1) is 10.2 Å². The van der Waals surface area contributed by atoms with E-state index in [1.54, 1.807) is 0 Å². The van der Waals surface area contributed by atoms with E-state index >= 15 is 0 Å². The lowest BCUT2D eigenvalue weighted by Crippen LogP contribution is -2.53. The number of piperazine rings is 1. The molecule has 39 heavy (non-hydrogen) atoms. The molecule has 2 aromatic rings. The summed E-state index contributed by atoms with van der Waals surface area (Å²) in [7, 11) is 0. The molecule has 4 aliphatic carbocycles. The third-order valence-electron chi connectivity index (χ3n) is 9.53. The fraction of sp³-hybridized carbons (Fsp3) is 0.667. The van der Waals surface area contributed by atoms with Gasteiger partial charge >= 0.3 is 0 Å². The van der Waals surface area contributed by atoms with Crippen molar-refractivity contribution in [3.05, 3.63) is 36.2 Å². The van der Waals surface area contributed by atoms with Crippen LogP contribution < -0.4 is 10.2 Å². The number of carbonyl (C=O) groups excluding carboxylic acids is 2. The van der Waals surface area contributed by atoms with Gasteiger partial charge in [0.25, 0.3) is 0 Å². The predicted molar refractivity (Wildman–Crippen MR) is 153 cm³/mol. The molecule has 4 bridgehead atoms. The number of nitrogens with zero attached hydrogens (tertiary/aromatic N) is 5. The van der Waals surface area contributed by atoms with Crippen LogP contribution >= 0.6 is 11.8 Å². The first-order valence-corrected chi connectivity index (χ1v) is 15.9. The zero-order chi connectivity index (χ0) is 26.8. The fourth-order valence-electron chi connectivity index (χ4n) is 7.90. The summed E-state index contributed by atoms with van der Waals surface area (Å²) in [4.78, 5) is 30.8. The third kappa shape index (κ3) is 5.70. The second kappa shape index (κ2) is 11.5. The minimum Gasteiger partial charge on any atom is -0.368 e. The van der Waals surface area contributed by atoms with E-state index in [2.05, 4.69) is 56.2 Å². The molecule has 2 heterocycles. The first-order chi connectivity index (χ1) is 19.0. The van der Waals surface area contributed by atoms with E-state index in [0.717, 1.165) is 93.6 Å². The summed E-state index contributed by atoms with van der Waals surface area (Å²) >= 11 is 1.47. The van der Waals surface area contributed by atoms with E-state index in [1.165, 1.54) is 36.7 Å². The van der Waals surface area contributed by atoms with Crippen molar-refractivity contribution in [1.82, 2.24) is 25.0 Å². The van der Waals surface area contributed by atoms with Crippen molar-refractivity contribution < 1.29 is 9.59 Å². The number of amides is 2. The molecule has 7 rings (SSSR count). The Bertz CT molecular complexity index is 1120. The normalized spacial score (nSPS) is 27.7. The Morgan fingerprint density at radius 1 is 0.974 bits per heavy atom. The van der Waals surface area contributed by atoms with E-state index in [4.69, 9.17) is 0 Å². The van der Waals surface area contributed by atoms with Crippen LogP contribution in [0.15, 0.2) is 35.5 Å². The van der Waals surface area contributed by atoms with Gasteiger partial charge in [0.05, 0.1) is 12.3 Å². The summed E-state index contributed by atoms with van der Waals surface area (Å²) < 4.78 is 2.12. The molecule has 8 nitrogen and oxygen atoms in total. The summed E-state index contributed by atoms with van der Waals surface area (Å²) in [5, 5.41) is 13.0. The maximum absolute atomic E-state index is 13.5. The molecule has 5 fully saturated rings. The highest BCUT2D eigenvalue weighted by molar-refractivity contribution is 7.99. The van der Waals surface area contributed by atoms with Gasteiger partial charge in [-0.05, 0) is 74.8 Å². The van der Waals surface area contributed by atoms with Crippen LogP contribution in [-0.2, 0) is 22.7 Å². The minimum absolute atomic E-state index is 0.148. The average molecular weight is 551 g/mol. The molecule has 0 spiro atoms. The number of hydrogen-bond acceptors (Lipinski definition) is 6. The van der Waals surface area contributed by atoms with Crippen LogP contribution in [0.4, 0.5) is 5.69 Å². The topological polar surface area (TPSA) is 83.4 Å². The Balaban J connectivity index is 1.04. The van der Waals surface area contributed by atoms with Crippen molar-refractivity contribution in [3.8, 4) is 0 Å². The van der Waals surface area contributed by atoms with Gasteiger partial charge in [0.1, 0.15) is 0 Å². The molecule has 0 radical (unpaired) electrons. The number of hydrogen-bond donors (Lipinski definition) is 1. The number of unbranched alkanes of at least 4 members (excludes halogenated alkanes) is 1. The molecule has 1 aromatic heterocycles. The van der Waals surface area contributed by atoms with Crippen LogP contribution in [0.2, 0.25) is 0 Å². The smallest absolute Gasteiger partial charge is 0.233 e. The number of nitrogens with one attached hydrogen (secondary N) is 1. The van der Waals surface area contributed by atoms with Crippen LogP contribution in [0.5, 0.6) is 0 Å². The number of carbonyl (C=O) groups is 2. The number of para-hydroxylation sites is 1. The maximum Gasteiger partial charge on any atom is 0.233 e. The van der Waals surface area contributed by atoms with Gasteiger partial charge < -0.3 is 19.7 Å². The van der Waals surface area contributed by atoms with E-state index in [-0.39, 0.29) is 17.2 Å². The van der Waals surface area contributed by atoms with E-state index in [0.29, 0.717) is 12.3 Å². The van der Waals surface area contributed by atoms with Gasteiger partial charge in [-0.2, -0.15) is 0 Å². The Morgan fingerprint density at radius 2 is 1.64 bits per heavy atom. The predicted octanol–water partition coefficient (Wildman–Crippen LogP) is 4.35. The summed E-state index contributed by atoms with van der Waals surface area (Å²) in [6.07, 6.45) is 9.27. The summed E-state index contributed by atoms with van der Waals surface area (Å²) in [5.41, 5.74) is 1.06. The molecule has 1 aromatic carbocycles. The highest BCUT2D eigenvalue weighted by Gasteiger charge is 2.54. The molecule has 0 atom stereocenters. The van der Waals surface area contributed by atoms with Gasteiger partial charge in [-0.1, -0.05) is 43.3 Å². The highest BCUT2D eigenvalue weighted by Crippen LogP contribution is 2.60. The van der Waals surface area contributed by atoms with Crippen molar-refractivity contribution in [2.75, 3.05) is 36.8 Å². The fourth-order valence-corrected chi connectivity index (χ4v) is 8.79. The molecular weight excluding hydrogens is 508 g/mol. The van der Waals surface area contributed by atoms with Crippen molar-refractivity contribution >= 4 is 29.3 Å². The van der Waals surface area contributed by atoms with E-state index < -0.39 is 0 Å². The number of rotatable bonds is 10. The third-order valence-corrected chi connectivity index (χ3v) is 10.5. The molecule has 4 saturated carbocycles. The number of thioether (sulfide) groups is 1. The van der Waals surface area contributed by atoms with Gasteiger partial charge in [-0.3, -0.25) is 9.59 Å². The Hall–Kier alpha value is -2.55. The standard InChI is InChI=1S/C30H42N6O2S/c1-2-3-9-36-26(20-31-28(38)30-17-22-14-23(18-30)16-24(15-22)19-30)32-33-29(36)39-21-27(37)35-12-10-34(11-13-35)25-7-5-4-6-8-25/h4-8,22-24H,2-3,9-21H2,1H3,(H,31,38). The second-order valence-corrected chi connectivity index (χ2v) is 13.2. The molecule has 5 aliphatic rings. The second-order valence-electron chi connectivity index (χ2n) is 12.3. The Kier molecular flexibility index (Phi) is 7.87. The summed E-state index contributed by atoms with van der Waals surface area (Å²) in [6, 6.07) is 10.4. The van der Waals surface area contributed by atoms with Crippen molar-refractivity contribution in [3.63, 3.8) is 0 Å². The van der Waals surface area contributed by atoms with Gasteiger partial charge in [0.15, 0.2) is 11.0 Å². The van der Waals surface area contributed by atoms with Gasteiger partial charge in [-0.25, -0.2) is 0 Å². The Labute approximate surface area is 236 Å². The van der Waals surface area contributed by atoms with Crippen LogP contribution in [0.3, 0.4) is 0 Å². The van der Waals surface area contributed by atoms with Crippen molar-refractivity contribution in [1.29, 1.82) is 0 Å². The Morgan fingerprint density at radius 3 is 2.28 bits per heavy atom. The first kappa shape index (κ1) is 26.7. The lowest BCUT2D eigenvalue weighted by Gasteiger charge is -2.55. The average Bonchev–Trinajstić information content (AvgIpc) is 3.34. The van der Waals surface area contributed by atoms with Crippen LogP contribution in [-0.4, -0.2) is 63.4 Å². The molecular formula is C30H42N6O2S. The molecule has 9 heteroatoms. The quantitative estimate of drug-likeness (QED) is 0.443. The van der Waals surface area contributed by atoms with Crippen LogP contribution in [0.25, 0.3) is 0 Å². The first-order valence-electron chi connectivity index (χ1n) is 14.9. The van der Waals surface area contributed by atoms with Crippen molar-refractivity contribution in [2.24, 2.45) is 23.2 Å². The number of benzene rings is 1. The largest absolute Gasteiger partial charge is 0.368 e. The minimum atomic E-state index is -0.155. The number of anilines is 1. The molecule has 1 aliphatic heterocycles. The zero-order valence-electron chi connectivity index (χ0n) is 23.2. The van der Waals surface area contributed by atoms with E-state index in [9.17, 15) is 9.59 Å². The maximum atomic E-state index is 13.5. The van der Waals surface area contributed by atoms with Gasteiger partial charge in [0.2, 0.25) is 11.8 Å². The lowest BCUT2D eigenvalue weighted by molar-refractivity contribution is -0.146. The van der Waals surface area contributed by atoms with Gasteiger partial charge in [0, 0.05) is 43.8 Å². The SMILES string of the molecule is CCCCn1c(CNC(=O)C23CC4CC(CC(C4)C2)C3)nnc1SCC(=O)N1CCN(c2ccccc2)CC1. The molecule has 1 N–H and O–H groups in total. The monoisotopic (exact) mass is 550 g/mol.